The third-order valence-corrected chi connectivity index (χ3v) is 2.23. The van der Waals surface area contributed by atoms with Crippen LogP contribution in [0.25, 0.3) is 0 Å². The van der Waals surface area contributed by atoms with E-state index in [1.165, 1.54) is 0 Å². The van der Waals surface area contributed by atoms with Gasteiger partial charge in [-0.05, 0) is 25.7 Å². The van der Waals surface area contributed by atoms with Gasteiger partial charge < -0.3 is 0 Å². The third kappa shape index (κ3) is 2.02. The number of halogens is 3. The standard InChI is InChI=1S/C9H13F3/c1-2-4-8(9(10,11)12)7-5-3-6-7/h2-6H2,1H3. The van der Waals surface area contributed by atoms with Crippen molar-refractivity contribution < 1.29 is 13.2 Å². The molecule has 70 valence electrons. The van der Waals surface area contributed by atoms with Gasteiger partial charge >= 0.3 is 6.18 Å². The molecule has 0 radical (unpaired) electrons. The minimum atomic E-state index is -4.08. The molecule has 12 heavy (non-hydrogen) atoms. The summed E-state index contributed by atoms with van der Waals surface area (Å²) in [6.07, 6.45) is -1.05. The number of allylic oxidation sites excluding steroid dienone is 2. The second-order valence-electron chi connectivity index (χ2n) is 3.18. The Balaban J connectivity index is 2.74. The summed E-state index contributed by atoms with van der Waals surface area (Å²) in [5, 5.41) is 0. The van der Waals surface area contributed by atoms with E-state index in [2.05, 4.69) is 0 Å². The van der Waals surface area contributed by atoms with Gasteiger partial charge in [0.05, 0.1) is 0 Å². The number of rotatable bonds is 2. The lowest BCUT2D eigenvalue weighted by atomic mass is 9.86. The topological polar surface area (TPSA) is 0 Å². The monoisotopic (exact) mass is 178 g/mol. The van der Waals surface area contributed by atoms with E-state index >= 15 is 0 Å². The normalized spacial score (nSPS) is 17.5. The van der Waals surface area contributed by atoms with E-state index in [-0.39, 0.29) is 12.0 Å². The van der Waals surface area contributed by atoms with Gasteiger partial charge in [-0.1, -0.05) is 18.9 Å². The molecule has 0 unspecified atom stereocenters. The zero-order valence-corrected chi connectivity index (χ0v) is 7.17. The highest BCUT2D eigenvalue weighted by atomic mass is 19.4. The molecule has 0 heterocycles. The van der Waals surface area contributed by atoms with Crippen LogP contribution in [0.15, 0.2) is 11.1 Å². The Morgan fingerprint density at radius 2 is 1.92 bits per heavy atom. The number of hydrogen-bond acceptors (Lipinski definition) is 0. The molecule has 0 aromatic carbocycles. The average molecular weight is 178 g/mol. The average Bonchev–Trinajstić information content (AvgIpc) is 1.80. The van der Waals surface area contributed by atoms with E-state index in [0.29, 0.717) is 24.8 Å². The summed E-state index contributed by atoms with van der Waals surface area (Å²) < 4.78 is 37.0. The van der Waals surface area contributed by atoms with Crippen molar-refractivity contribution in [1.29, 1.82) is 0 Å². The van der Waals surface area contributed by atoms with E-state index in [0.717, 1.165) is 6.42 Å². The van der Waals surface area contributed by atoms with Gasteiger partial charge in [0.1, 0.15) is 0 Å². The Hall–Kier alpha value is -0.470. The Labute approximate surface area is 70.5 Å². The molecule has 0 nitrogen and oxygen atoms in total. The van der Waals surface area contributed by atoms with Gasteiger partial charge in [-0.2, -0.15) is 13.2 Å². The van der Waals surface area contributed by atoms with Crippen LogP contribution in [0.1, 0.15) is 39.0 Å². The van der Waals surface area contributed by atoms with E-state index in [9.17, 15) is 13.2 Å². The van der Waals surface area contributed by atoms with E-state index in [4.69, 9.17) is 0 Å². The third-order valence-electron chi connectivity index (χ3n) is 2.23. The summed E-state index contributed by atoms with van der Waals surface area (Å²) in [5.41, 5.74) is 0.389. The quantitative estimate of drug-likeness (QED) is 0.564. The van der Waals surface area contributed by atoms with Crippen LogP contribution in [-0.4, -0.2) is 6.18 Å². The molecule has 0 saturated heterocycles. The molecule has 0 bridgehead atoms. The maximum Gasteiger partial charge on any atom is 0.412 e. The molecule has 0 aromatic heterocycles. The van der Waals surface area contributed by atoms with Crippen molar-refractivity contribution in [3.63, 3.8) is 0 Å². The maximum absolute atomic E-state index is 12.3. The first kappa shape index (κ1) is 9.62. The fraction of sp³-hybridized carbons (Fsp3) is 0.778. The van der Waals surface area contributed by atoms with Gasteiger partial charge in [0.2, 0.25) is 0 Å². The van der Waals surface area contributed by atoms with Crippen molar-refractivity contribution in [3.8, 4) is 0 Å². The minimum absolute atomic E-state index is 0.193. The van der Waals surface area contributed by atoms with Crippen molar-refractivity contribution in [2.24, 2.45) is 0 Å². The van der Waals surface area contributed by atoms with Crippen LogP contribution in [0, 0.1) is 0 Å². The molecule has 0 amide bonds. The Morgan fingerprint density at radius 3 is 2.17 bits per heavy atom. The molecule has 0 aliphatic heterocycles. The molecule has 1 aliphatic rings. The maximum atomic E-state index is 12.3. The van der Waals surface area contributed by atoms with E-state index in [1.807, 2.05) is 0 Å². The van der Waals surface area contributed by atoms with Crippen molar-refractivity contribution in [2.45, 2.75) is 45.2 Å². The summed E-state index contributed by atoms with van der Waals surface area (Å²) in [5.74, 6) is 0. The van der Waals surface area contributed by atoms with Crippen LogP contribution in [0.2, 0.25) is 0 Å². The smallest absolute Gasteiger partial charge is 0.166 e. The predicted octanol–water partition coefficient (Wildman–Crippen LogP) is 3.83. The minimum Gasteiger partial charge on any atom is -0.166 e. The Kier molecular flexibility index (Phi) is 2.80. The first-order chi connectivity index (χ1) is 5.55. The summed E-state index contributed by atoms with van der Waals surface area (Å²) in [4.78, 5) is 0. The van der Waals surface area contributed by atoms with Crippen LogP contribution >= 0.6 is 0 Å². The van der Waals surface area contributed by atoms with E-state index in [1.54, 1.807) is 6.92 Å². The lowest BCUT2D eigenvalue weighted by molar-refractivity contribution is -0.0956. The summed E-state index contributed by atoms with van der Waals surface area (Å²) in [7, 11) is 0. The number of alkyl halides is 3. The van der Waals surface area contributed by atoms with Crippen molar-refractivity contribution in [3.05, 3.63) is 11.1 Å². The largest absolute Gasteiger partial charge is 0.412 e. The molecule has 1 fully saturated rings. The summed E-state index contributed by atoms with van der Waals surface area (Å²) in [6.45, 7) is 1.78. The second kappa shape index (κ2) is 3.50. The van der Waals surface area contributed by atoms with Crippen LogP contribution in [0.5, 0.6) is 0 Å². The predicted molar refractivity (Wildman–Crippen MR) is 41.8 cm³/mol. The van der Waals surface area contributed by atoms with Crippen LogP contribution in [0.4, 0.5) is 13.2 Å². The highest BCUT2D eigenvalue weighted by Gasteiger charge is 2.36. The molecule has 0 aromatic rings. The van der Waals surface area contributed by atoms with Gasteiger partial charge in [0.25, 0.3) is 0 Å². The SMILES string of the molecule is CCCC(=C1CCC1)C(F)(F)F. The zero-order valence-electron chi connectivity index (χ0n) is 7.17. The molecule has 0 N–H and O–H groups in total. The Bertz CT molecular complexity index is 182. The molecule has 1 rings (SSSR count). The highest BCUT2D eigenvalue weighted by Crippen LogP contribution is 2.39. The Morgan fingerprint density at radius 1 is 1.33 bits per heavy atom. The van der Waals surface area contributed by atoms with Crippen LogP contribution in [-0.2, 0) is 0 Å². The summed E-state index contributed by atoms with van der Waals surface area (Å²) >= 11 is 0. The van der Waals surface area contributed by atoms with Gasteiger partial charge in [-0.15, -0.1) is 0 Å². The van der Waals surface area contributed by atoms with Crippen LogP contribution < -0.4 is 0 Å². The zero-order chi connectivity index (χ0) is 9.19. The molecule has 1 saturated carbocycles. The van der Waals surface area contributed by atoms with Gasteiger partial charge in [0, 0.05) is 5.57 Å². The fourth-order valence-corrected chi connectivity index (χ4v) is 1.42. The van der Waals surface area contributed by atoms with Gasteiger partial charge in [0.15, 0.2) is 0 Å². The van der Waals surface area contributed by atoms with Gasteiger partial charge in [-0.3, -0.25) is 0 Å². The van der Waals surface area contributed by atoms with Crippen molar-refractivity contribution in [1.82, 2.24) is 0 Å². The molecule has 1 aliphatic carbocycles. The van der Waals surface area contributed by atoms with Crippen molar-refractivity contribution in [2.75, 3.05) is 0 Å². The molecular weight excluding hydrogens is 165 g/mol. The molecule has 0 atom stereocenters. The van der Waals surface area contributed by atoms with Crippen molar-refractivity contribution >= 4 is 0 Å². The number of hydrogen-bond donors (Lipinski definition) is 0. The molecule has 3 heteroatoms. The lowest BCUT2D eigenvalue weighted by Gasteiger charge is -2.23. The molecular formula is C9H13F3. The van der Waals surface area contributed by atoms with Crippen LogP contribution in [0.3, 0.4) is 0 Å². The highest BCUT2D eigenvalue weighted by molar-refractivity contribution is 5.23. The first-order valence-corrected chi connectivity index (χ1v) is 4.33. The first-order valence-electron chi connectivity index (χ1n) is 4.33. The molecule has 0 spiro atoms. The lowest BCUT2D eigenvalue weighted by Crippen LogP contribution is -2.17. The van der Waals surface area contributed by atoms with Gasteiger partial charge in [-0.25, -0.2) is 0 Å². The second-order valence-corrected chi connectivity index (χ2v) is 3.18. The van der Waals surface area contributed by atoms with E-state index < -0.39 is 6.18 Å². The fourth-order valence-electron chi connectivity index (χ4n) is 1.42. The summed E-state index contributed by atoms with van der Waals surface area (Å²) in [6, 6.07) is 0.